The zero-order valence-electron chi connectivity index (χ0n) is 12.8. The number of hydrogen-bond acceptors (Lipinski definition) is 1. The van der Waals surface area contributed by atoms with Crippen LogP contribution >= 0.6 is 0 Å². The van der Waals surface area contributed by atoms with Gasteiger partial charge in [-0.1, -0.05) is 38.1 Å². The molecule has 0 aliphatic rings. The second-order valence-electron chi connectivity index (χ2n) is 5.31. The zero-order chi connectivity index (χ0) is 15.9. The van der Waals surface area contributed by atoms with E-state index in [2.05, 4.69) is 19.2 Å². The molecule has 1 amide bonds. The second kappa shape index (κ2) is 7.55. The number of carbonyl (C=O) groups excluding carboxylic acids is 1. The first kappa shape index (κ1) is 16.0. The first-order valence-electron chi connectivity index (χ1n) is 7.43. The summed E-state index contributed by atoms with van der Waals surface area (Å²) < 4.78 is 12.8. The summed E-state index contributed by atoms with van der Waals surface area (Å²) in [5, 5.41) is 2.81. The highest BCUT2D eigenvalue weighted by molar-refractivity contribution is 6.01. The number of nitrogens with one attached hydrogen (secondary N) is 1. The van der Waals surface area contributed by atoms with Gasteiger partial charge in [0.1, 0.15) is 5.82 Å². The normalized spacial score (nSPS) is 12.3. The summed E-state index contributed by atoms with van der Waals surface area (Å²) in [6.45, 7) is 4.33. The van der Waals surface area contributed by atoms with E-state index in [4.69, 9.17) is 0 Å². The van der Waals surface area contributed by atoms with Gasteiger partial charge in [0.05, 0.1) is 0 Å². The van der Waals surface area contributed by atoms with Crippen LogP contribution in [0, 0.1) is 5.82 Å². The van der Waals surface area contributed by atoms with Crippen molar-refractivity contribution in [1.82, 2.24) is 0 Å². The van der Waals surface area contributed by atoms with Gasteiger partial charge in [-0.15, -0.1) is 0 Å². The average molecular weight is 297 g/mol. The molecule has 0 saturated carbocycles. The average Bonchev–Trinajstić information content (AvgIpc) is 2.54. The van der Waals surface area contributed by atoms with Crippen LogP contribution in [0.25, 0.3) is 6.08 Å². The van der Waals surface area contributed by atoms with E-state index in [0.29, 0.717) is 5.92 Å². The van der Waals surface area contributed by atoms with Gasteiger partial charge in [0.15, 0.2) is 0 Å². The van der Waals surface area contributed by atoms with Crippen LogP contribution in [0.15, 0.2) is 54.6 Å². The Balaban J connectivity index is 1.95. The topological polar surface area (TPSA) is 29.1 Å². The molecule has 0 unspecified atom stereocenters. The molecule has 3 heteroatoms. The van der Waals surface area contributed by atoms with E-state index < -0.39 is 0 Å². The van der Waals surface area contributed by atoms with Crippen molar-refractivity contribution in [3.63, 3.8) is 0 Å². The van der Waals surface area contributed by atoms with E-state index in [-0.39, 0.29) is 11.7 Å². The van der Waals surface area contributed by atoms with Gasteiger partial charge in [-0.25, -0.2) is 4.39 Å². The first-order valence-corrected chi connectivity index (χ1v) is 7.43. The Morgan fingerprint density at radius 2 is 1.77 bits per heavy atom. The Hall–Kier alpha value is -2.42. The minimum absolute atomic E-state index is 0.208. The van der Waals surface area contributed by atoms with Crippen molar-refractivity contribution in [2.45, 2.75) is 26.2 Å². The highest BCUT2D eigenvalue weighted by atomic mass is 19.1. The fourth-order valence-corrected chi connectivity index (χ4v) is 2.06. The Morgan fingerprint density at radius 1 is 1.14 bits per heavy atom. The number of anilines is 1. The third-order valence-electron chi connectivity index (χ3n) is 3.66. The molecule has 2 nitrogen and oxygen atoms in total. The predicted molar refractivity (Wildman–Crippen MR) is 89.2 cm³/mol. The van der Waals surface area contributed by atoms with Crippen molar-refractivity contribution in [2.24, 2.45) is 0 Å². The van der Waals surface area contributed by atoms with E-state index in [0.717, 1.165) is 17.7 Å². The Kier molecular flexibility index (Phi) is 5.48. The second-order valence-corrected chi connectivity index (χ2v) is 5.31. The molecule has 2 rings (SSSR count). The van der Waals surface area contributed by atoms with Gasteiger partial charge in [0.25, 0.3) is 0 Å². The lowest BCUT2D eigenvalue weighted by atomic mass is 9.99. The molecule has 0 radical (unpaired) electrons. The summed E-state index contributed by atoms with van der Waals surface area (Å²) in [6.07, 6.45) is 4.18. The van der Waals surface area contributed by atoms with E-state index in [1.54, 1.807) is 18.2 Å². The van der Waals surface area contributed by atoms with Crippen molar-refractivity contribution < 1.29 is 9.18 Å². The zero-order valence-corrected chi connectivity index (χ0v) is 12.8. The largest absolute Gasteiger partial charge is 0.323 e. The van der Waals surface area contributed by atoms with Crippen LogP contribution in [0.1, 0.15) is 37.3 Å². The Morgan fingerprint density at radius 3 is 2.36 bits per heavy atom. The van der Waals surface area contributed by atoms with Crippen molar-refractivity contribution in [3.05, 3.63) is 71.6 Å². The lowest BCUT2D eigenvalue weighted by Crippen LogP contribution is -2.07. The molecule has 1 N–H and O–H groups in total. The Bertz CT molecular complexity index is 644. The maximum Gasteiger partial charge on any atom is 0.248 e. The quantitative estimate of drug-likeness (QED) is 0.774. The monoisotopic (exact) mass is 297 g/mol. The van der Waals surface area contributed by atoms with Crippen LogP contribution in [-0.2, 0) is 4.79 Å². The van der Waals surface area contributed by atoms with Crippen LogP contribution < -0.4 is 5.32 Å². The van der Waals surface area contributed by atoms with Crippen LogP contribution in [0.3, 0.4) is 0 Å². The standard InChI is InChI=1S/C19H20FNO/c1-3-14(2)16-7-11-18(12-8-16)21-19(22)13-6-15-4-9-17(20)10-5-15/h4-14H,3H2,1-2H3,(H,21,22)/b13-6+/t14-/m0/s1. The summed E-state index contributed by atoms with van der Waals surface area (Å²) in [7, 11) is 0. The van der Waals surface area contributed by atoms with Gasteiger partial charge in [0.2, 0.25) is 5.91 Å². The summed E-state index contributed by atoms with van der Waals surface area (Å²) in [6, 6.07) is 13.9. The summed E-state index contributed by atoms with van der Waals surface area (Å²) in [4.78, 5) is 11.9. The number of benzene rings is 2. The molecule has 1 atom stereocenters. The van der Waals surface area contributed by atoms with Crippen LogP contribution in [0.4, 0.5) is 10.1 Å². The number of amides is 1. The van der Waals surface area contributed by atoms with Crippen molar-refractivity contribution in [1.29, 1.82) is 0 Å². The molecule has 0 heterocycles. The molecular formula is C19H20FNO. The SMILES string of the molecule is CC[C@H](C)c1ccc(NC(=O)/C=C/c2ccc(F)cc2)cc1. The number of rotatable bonds is 5. The third-order valence-corrected chi connectivity index (χ3v) is 3.66. The molecule has 0 bridgehead atoms. The molecule has 0 aliphatic heterocycles. The number of carbonyl (C=O) groups is 1. The minimum Gasteiger partial charge on any atom is -0.323 e. The highest BCUT2D eigenvalue weighted by Crippen LogP contribution is 2.20. The third kappa shape index (κ3) is 4.55. The van der Waals surface area contributed by atoms with Gasteiger partial charge < -0.3 is 5.32 Å². The molecule has 22 heavy (non-hydrogen) atoms. The van der Waals surface area contributed by atoms with E-state index >= 15 is 0 Å². The molecule has 0 saturated heterocycles. The molecule has 0 aliphatic carbocycles. The molecule has 2 aromatic carbocycles. The number of hydrogen-bond donors (Lipinski definition) is 1. The van der Waals surface area contributed by atoms with Gasteiger partial charge in [-0.3, -0.25) is 4.79 Å². The van der Waals surface area contributed by atoms with Gasteiger partial charge in [0, 0.05) is 11.8 Å². The lowest BCUT2D eigenvalue weighted by molar-refractivity contribution is -0.111. The van der Waals surface area contributed by atoms with Crippen molar-refractivity contribution >= 4 is 17.7 Å². The Labute approximate surface area is 130 Å². The fraction of sp³-hybridized carbons (Fsp3) is 0.211. The molecule has 0 fully saturated rings. The minimum atomic E-state index is -0.289. The predicted octanol–water partition coefficient (Wildman–Crippen LogP) is 4.99. The maximum absolute atomic E-state index is 12.8. The van der Waals surface area contributed by atoms with E-state index in [1.165, 1.54) is 23.8 Å². The highest BCUT2D eigenvalue weighted by Gasteiger charge is 2.03. The summed E-state index contributed by atoms with van der Waals surface area (Å²) in [5.41, 5.74) is 2.81. The van der Waals surface area contributed by atoms with Crippen molar-refractivity contribution in [2.75, 3.05) is 5.32 Å². The van der Waals surface area contributed by atoms with Gasteiger partial charge in [-0.2, -0.15) is 0 Å². The summed E-state index contributed by atoms with van der Waals surface area (Å²) >= 11 is 0. The fourth-order valence-electron chi connectivity index (χ4n) is 2.06. The molecular weight excluding hydrogens is 277 g/mol. The van der Waals surface area contributed by atoms with Crippen LogP contribution in [0.5, 0.6) is 0 Å². The molecule has 114 valence electrons. The van der Waals surface area contributed by atoms with Crippen molar-refractivity contribution in [3.8, 4) is 0 Å². The van der Waals surface area contributed by atoms with E-state index in [9.17, 15) is 9.18 Å². The first-order chi connectivity index (χ1) is 10.6. The van der Waals surface area contributed by atoms with Crippen LogP contribution in [-0.4, -0.2) is 5.91 Å². The van der Waals surface area contributed by atoms with E-state index in [1.807, 2.05) is 24.3 Å². The lowest BCUT2D eigenvalue weighted by Gasteiger charge is -2.09. The maximum atomic E-state index is 12.8. The molecule has 0 aromatic heterocycles. The molecule has 0 spiro atoms. The summed E-state index contributed by atoms with van der Waals surface area (Å²) in [5.74, 6) is 0.0201. The molecule has 2 aromatic rings. The van der Waals surface area contributed by atoms with Gasteiger partial charge >= 0.3 is 0 Å². The smallest absolute Gasteiger partial charge is 0.248 e. The van der Waals surface area contributed by atoms with Gasteiger partial charge in [-0.05, 0) is 53.8 Å². The number of halogens is 1. The van der Waals surface area contributed by atoms with Crippen LogP contribution in [0.2, 0.25) is 0 Å².